The third-order valence-corrected chi connectivity index (χ3v) is 2.64. The van der Waals surface area contributed by atoms with Gasteiger partial charge in [0.1, 0.15) is 5.82 Å². The molecule has 3 N–H and O–H groups in total. The van der Waals surface area contributed by atoms with Crippen LogP contribution >= 0.6 is 15.9 Å². The van der Waals surface area contributed by atoms with Crippen LogP contribution in [-0.4, -0.2) is 18.4 Å². The third-order valence-electron chi connectivity index (χ3n) is 2.15. The molecule has 0 saturated carbocycles. The minimum absolute atomic E-state index is 0.0902. The summed E-state index contributed by atoms with van der Waals surface area (Å²) >= 11 is 3.20. The molecule has 0 bridgehead atoms. The third kappa shape index (κ3) is 2.23. The van der Waals surface area contributed by atoms with Crippen LogP contribution < -0.4 is 16.4 Å². The Morgan fingerprint density at radius 3 is 3.00 bits per heavy atom. The predicted molar refractivity (Wildman–Crippen MR) is 56.5 cm³/mol. The molecule has 1 aliphatic heterocycles. The molecule has 1 unspecified atom stereocenters. The van der Waals surface area contributed by atoms with Crippen LogP contribution in [0.3, 0.4) is 0 Å². The molecule has 1 fully saturated rings. The minimum atomic E-state index is -0.503. The molecule has 1 aromatic carbocycles. The van der Waals surface area contributed by atoms with E-state index >= 15 is 0 Å². The molecule has 0 spiro atoms. The number of hydrogen-bond acceptors (Lipinski definition) is 4. The van der Waals surface area contributed by atoms with Crippen molar-refractivity contribution in [2.75, 3.05) is 6.54 Å². The van der Waals surface area contributed by atoms with Gasteiger partial charge in [0.25, 0.3) is 0 Å². The topological polar surface area (TPSA) is 53.2 Å². The molecule has 0 aromatic heterocycles. The standard InChI is InChI=1S/C9H9BrFN3O/c10-5-1-2-7(11)6(3-5)9(15)8-4-12-14-13-8/h1-3,8,12-14H,4H2. The highest BCUT2D eigenvalue weighted by Crippen LogP contribution is 2.17. The molecular weight excluding hydrogens is 265 g/mol. The minimum Gasteiger partial charge on any atom is -0.292 e. The fourth-order valence-electron chi connectivity index (χ4n) is 1.37. The quantitative estimate of drug-likeness (QED) is 0.697. The second kappa shape index (κ2) is 4.36. The predicted octanol–water partition coefficient (Wildman–Crippen LogP) is 0.752. The van der Waals surface area contributed by atoms with E-state index in [1.54, 1.807) is 6.07 Å². The van der Waals surface area contributed by atoms with Gasteiger partial charge >= 0.3 is 0 Å². The number of halogens is 2. The molecule has 1 aromatic rings. The fraction of sp³-hybridized carbons (Fsp3) is 0.222. The molecule has 1 saturated heterocycles. The number of hydrazine groups is 2. The van der Waals surface area contributed by atoms with Crippen LogP contribution in [0.5, 0.6) is 0 Å². The van der Waals surface area contributed by atoms with E-state index in [2.05, 4.69) is 32.3 Å². The SMILES string of the molecule is O=C(c1cc(Br)ccc1F)C1CNNN1. The van der Waals surface area contributed by atoms with Gasteiger partial charge in [0.2, 0.25) is 0 Å². The lowest BCUT2D eigenvalue weighted by molar-refractivity contribution is 0.0950. The smallest absolute Gasteiger partial charge is 0.185 e. The summed E-state index contributed by atoms with van der Waals surface area (Å²) in [4.78, 5) is 11.8. The number of rotatable bonds is 2. The first-order valence-electron chi connectivity index (χ1n) is 4.41. The Bertz CT molecular complexity index is 393. The van der Waals surface area contributed by atoms with Crippen LogP contribution in [0.4, 0.5) is 4.39 Å². The maximum Gasteiger partial charge on any atom is 0.185 e. The Labute approximate surface area is 94.3 Å². The second-order valence-corrected chi connectivity index (χ2v) is 4.11. The number of Topliss-reactive ketones (excluding diaryl/α,β-unsaturated/α-hetero) is 1. The number of benzene rings is 1. The van der Waals surface area contributed by atoms with Gasteiger partial charge in [-0.2, -0.15) is 5.53 Å². The number of carbonyl (C=O) groups is 1. The Morgan fingerprint density at radius 1 is 1.53 bits per heavy atom. The highest BCUT2D eigenvalue weighted by atomic mass is 79.9. The van der Waals surface area contributed by atoms with E-state index in [9.17, 15) is 9.18 Å². The van der Waals surface area contributed by atoms with Crippen LogP contribution in [0.1, 0.15) is 10.4 Å². The molecule has 15 heavy (non-hydrogen) atoms. The van der Waals surface area contributed by atoms with Crippen molar-refractivity contribution in [1.29, 1.82) is 0 Å². The molecule has 80 valence electrons. The highest BCUT2D eigenvalue weighted by Gasteiger charge is 2.25. The maximum atomic E-state index is 13.4. The van der Waals surface area contributed by atoms with Gasteiger partial charge in [-0.15, -0.1) is 0 Å². The van der Waals surface area contributed by atoms with E-state index in [-0.39, 0.29) is 11.3 Å². The largest absolute Gasteiger partial charge is 0.292 e. The molecule has 4 nitrogen and oxygen atoms in total. The summed E-state index contributed by atoms with van der Waals surface area (Å²) < 4.78 is 14.0. The van der Waals surface area contributed by atoms with E-state index in [0.29, 0.717) is 11.0 Å². The van der Waals surface area contributed by atoms with Crippen molar-refractivity contribution in [3.05, 3.63) is 34.1 Å². The summed E-state index contributed by atoms with van der Waals surface area (Å²) in [5.74, 6) is -0.775. The number of nitrogens with one attached hydrogen (secondary N) is 3. The first-order chi connectivity index (χ1) is 7.18. The maximum absolute atomic E-state index is 13.4. The van der Waals surface area contributed by atoms with Gasteiger partial charge in [0.05, 0.1) is 11.6 Å². The zero-order chi connectivity index (χ0) is 10.8. The fourth-order valence-corrected chi connectivity index (χ4v) is 1.74. The average molecular weight is 274 g/mol. The van der Waals surface area contributed by atoms with Crippen molar-refractivity contribution in [2.45, 2.75) is 6.04 Å². The Hall–Kier alpha value is -0.820. The summed E-state index contributed by atoms with van der Waals surface area (Å²) in [6, 6.07) is 3.88. The molecule has 0 radical (unpaired) electrons. The van der Waals surface area contributed by atoms with Crippen molar-refractivity contribution >= 4 is 21.7 Å². The van der Waals surface area contributed by atoms with Crippen molar-refractivity contribution in [1.82, 2.24) is 16.4 Å². The van der Waals surface area contributed by atoms with Gasteiger partial charge in [-0.05, 0) is 18.2 Å². The molecule has 1 heterocycles. The Balaban J connectivity index is 2.27. The van der Waals surface area contributed by atoms with E-state index in [1.807, 2.05) is 0 Å². The van der Waals surface area contributed by atoms with Crippen molar-refractivity contribution < 1.29 is 9.18 Å². The first-order valence-corrected chi connectivity index (χ1v) is 5.20. The molecular formula is C9H9BrFN3O. The summed E-state index contributed by atoms with van der Waals surface area (Å²) in [5, 5.41) is 0. The monoisotopic (exact) mass is 273 g/mol. The average Bonchev–Trinajstić information content (AvgIpc) is 2.74. The van der Waals surface area contributed by atoms with Gasteiger partial charge in [0, 0.05) is 11.0 Å². The highest BCUT2D eigenvalue weighted by molar-refractivity contribution is 9.10. The molecule has 1 aliphatic rings. The lowest BCUT2D eigenvalue weighted by atomic mass is 10.0. The number of carbonyl (C=O) groups excluding carboxylic acids is 1. The first kappa shape index (κ1) is 10.7. The zero-order valence-electron chi connectivity index (χ0n) is 7.68. The van der Waals surface area contributed by atoms with Crippen molar-refractivity contribution in [3.8, 4) is 0 Å². The zero-order valence-corrected chi connectivity index (χ0v) is 9.27. The number of ketones is 1. The van der Waals surface area contributed by atoms with Gasteiger partial charge < -0.3 is 0 Å². The second-order valence-electron chi connectivity index (χ2n) is 3.19. The van der Waals surface area contributed by atoms with Crippen LogP contribution in [0.15, 0.2) is 22.7 Å². The molecule has 2 rings (SSSR count). The van der Waals surface area contributed by atoms with Crippen molar-refractivity contribution in [2.24, 2.45) is 0 Å². The Kier molecular flexibility index (Phi) is 3.11. The van der Waals surface area contributed by atoms with Crippen LogP contribution in [0, 0.1) is 5.82 Å². The molecule has 0 amide bonds. The molecule has 1 atom stereocenters. The van der Waals surface area contributed by atoms with Gasteiger partial charge in [-0.25, -0.2) is 15.2 Å². The van der Waals surface area contributed by atoms with Crippen LogP contribution in [-0.2, 0) is 0 Å². The Morgan fingerprint density at radius 2 is 2.33 bits per heavy atom. The summed E-state index contributed by atoms with van der Waals surface area (Å²) in [6.45, 7) is 0.435. The lowest BCUT2D eigenvalue weighted by Gasteiger charge is -2.08. The van der Waals surface area contributed by atoms with Gasteiger partial charge in [-0.1, -0.05) is 15.9 Å². The summed E-state index contributed by atoms with van der Waals surface area (Å²) in [6.07, 6.45) is 0. The summed E-state index contributed by atoms with van der Waals surface area (Å²) in [7, 11) is 0. The number of hydrogen-bond donors (Lipinski definition) is 3. The van der Waals surface area contributed by atoms with E-state index in [0.717, 1.165) is 0 Å². The van der Waals surface area contributed by atoms with E-state index in [1.165, 1.54) is 12.1 Å². The van der Waals surface area contributed by atoms with E-state index in [4.69, 9.17) is 0 Å². The van der Waals surface area contributed by atoms with Gasteiger partial charge in [-0.3, -0.25) is 4.79 Å². The lowest BCUT2D eigenvalue weighted by Crippen LogP contribution is -2.38. The van der Waals surface area contributed by atoms with Gasteiger partial charge in [0.15, 0.2) is 5.78 Å². The normalized spacial score (nSPS) is 20.5. The molecule has 6 heteroatoms. The van der Waals surface area contributed by atoms with Crippen LogP contribution in [0.2, 0.25) is 0 Å². The van der Waals surface area contributed by atoms with E-state index < -0.39 is 11.9 Å². The van der Waals surface area contributed by atoms with Crippen molar-refractivity contribution in [3.63, 3.8) is 0 Å². The summed E-state index contributed by atoms with van der Waals surface area (Å²) in [5.41, 5.74) is 8.14. The molecule has 0 aliphatic carbocycles. The van der Waals surface area contributed by atoms with Crippen LogP contribution in [0.25, 0.3) is 0 Å².